The van der Waals surface area contributed by atoms with Gasteiger partial charge in [0.2, 0.25) is 5.91 Å². The number of aromatic nitrogens is 2. The van der Waals surface area contributed by atoms with Crippen molar-refractivity contribution in [3.63, 3.8) is 0 Å². The fourth-order valence-corrected chi connectivity index (χ4v) is 3.68. The molecule has 1 aliphatic heterocycles. The second-order valence-corrected chi connectivity index (χ2v) is 7.34. The van der Waals surface area contributed by atoms with Gasteiger partial charge in [0.05, 0.1) is 17.2 Å². The molecule has 29 heavy (non-hydrogen) atoms. The lowest BCUT2D eigenvalue weighted by Crippen LogP contribution is -2.28. The third-order valence-corrected chi connectivity index (χ3v) is 5.22. The number of amides is 1. The van der Waals surface area contributed by atoms with Gasteiger partial charge >= 0.3 is 0 Å². The highest BCUT2D eigenvalue weighted by Crippen LogP contribution is 2.21. The molecule has 2 aromatic carbocycles. The van der Waals surface area contributed by atoms with E-state index in [0.29, 0.717) is 11.2 Å². The highest BCUT2D eigenvalue weighted by molar-refractivity contribution is 5.91. The van der Waals surface area contributed by atoms with Gasteiger partial charge in [-0.2, -0.15) is 0 Å². The van der Waals surface area contributed by atoms with E-state index in [-0.39, 0.29) is 17.8 Å². The predicted octanol–water partition coefficient (Wildman–Crippen LogP) is 3.55. The van der Waals surface area contributed by atoms with Crippen LogP contribution in [0.15, 0.2) is 53.6 Å². The molecule has 0 radical (unpaired) electrons. The topological polar surface area (TPSA) is 67.2 Å². The molecule has 7 heteroatoms. The van der Waals surface area contributed by atoms with Gasteiger partial charge in [0.15, 0.2) is 0 Å². The number of hydrogen-bond donors (Lipinski definition) is 1. The largest absolute Gasteiger partial charge is 0.372 e. The van der Waals surface area contributed by atoms with Crippen LogP contribution in [0.1, 0.15) is 25.7 Å². The maximum absolute atomic E-state index is 13.4. The minimum Gasteiger partial charge on any atom is -0.372 e. The van der Waals surface area contributed by atoms with Gasteiger partial charge in [0.25, 0.3) is 5.56 Å². The Morgan fingerprint density at radius 3 is 2.48 bits per heavy atom. The number of carbonyl (C=O) groups is 1. The molecule has 1 aliphatic rings. The summed E-state index contributed by atoms with van der Waals surface area (Å²) < 4.78 is 14.6. The Balaban J connectivity index is 1.44. The maximum Gasteiger partial charge on any atom is 0.261 e. The fraction of sp³-hybridized carbons (Fsp3) is 0.318. The van der Waals surface area contributed by atoms with Crippen LogP contribution in [-0.4, -0.2) is 28.5 Å². The van der Waals surface area contributed by atoms with E-state index in [2.05, 4.69) is 15.2 Å². The van der Waals surface area contributed by atoms with E-state index in [1.807, 2.05) is 24.3 Å². The molecule has 0 atom stereocenters. The zero-order valence-corrected chi connectivity index (χ0v) is 16.1. The molecule has 0 bridgehead atoms. The van der Waals surface area contributed by atoms with Crippen LogP contribution < -0.4 is 15.8 Å². The van der Waals surface area contributed by atoms with Gasteiger partial charge in [-0.05, 0) is 55.3 Å². The summed E-state index contributed by atoms with van der Waals surface area (Å²) in [5.41, 5.74) is 1.78. The van der Waals surface area contributed by atoms with E-state index < -0.39 is 11.4 Å². The lowest BCUT2D eigenvalue weighted by molar-refractivity contribution is -0.116. The van der Waals surface area contributed by atoms with Crippen LogP contribution in [-0.2, 0) is 11.3 Å². The molecule has 0 saturated carbocycles. The highest BCUT2D eigenvalue weighted by atomic mass is 19.1. The summed E-state index contributed by atoms with van der Waals surface area (Å²) in [5.74, 6) is -0.852. The van der Waals surface area contributed by atoms with Gasteiger partial charge in [0, 0.05) is 24.5 Å². The van der Waals surface area contributed by atoms with Gasteiger partial charge in [-0.25, -0.2) is 9.37 Å². The number of nitrogens with one attached hydrogen (secondary N) is 1. The first-order valence-corrected chi connectivity index (χ1v) is 9.90. The van der Waals surface area contributed by atoms with Crippen molar-refractivity contribution >= 4 is 28.2 Å². The molecule has 0 spiro atoms. The molecule has 1 amide bonds. The van der Waals surface area contributed by atoms with Crippen LogP contribution in [0.2, 0.25) is 0 Å². The highest BCUT2D eigenvalue weighted by Gasteiger charge is 2.11. The molecule has 6 nitrogen and oxygen atoms in total. The van der Waals surface area contributed by atoms with Crippen LogP contribution >= 0.6 is 0 Å². The summed E-state index contributed by atoms with van der Waals surface area (Å²) >= 11 is 0. The van der Waals surface area contributed by atoms with E-state index in [0.717, 1.165) is 24.8 Å². The average Bonchev–Trinajstić information content (AvgIpc) is 3.01. The smallest absolute Gasteiger partial charge is 0.261 e. The number of halogens is 1. The number of benzene rings is 2. The van der Waals surface area contributed by atoms with Crippen molar-refractivity contribution in [2.24, 2.45) is 0 Å². The van der Waals surface area contributed by atoms with Gasteiger partial charge in [-0.1, -0.05) is 12.8 Å². The minimum atomic E-state index is -0.511. The Hall–Kier alpha value is -3.22. The van der Waals surface area contributed by atoms with E-state index in [4.69, 9.17) is 0 Å². The molecular formula is C22H23FN4O2. The van der Waals surface area contributed by atoms with Crippen LogP contribution in [0.4, 0.5) is 15.8 Å². The Kier molecular flexibility index (Phi) is 5.55. The first kappa shape index (κ1) is 19.1. The Morgan fingerprint density at radius 2 is 1.76 bits per heavy atom. The van der Waals surface area contributed by atoms with Crippen molar-refractivity contribution in [3.05, 3.63) is 65.0 Å². The third-order valence-electron chi connectivity index (χ3n) is 5.22. The number of hydrogen-bond acceptors (Lipinski definition) is 4. The number of anilines is 2. The van der Waals surface area contributed by atoms with Crippen molar-refractivity contribution in [2.45, 2.75) is 32.2 Å². The summed E-state index contributed by atoms with van der Waals surface area (Å²) in [5, 5.41) is 2.96. The second-order valence-electron chi connectivity index (χ2n) is 7.34. The number of fused-ring (bicyclic) bond motifs is 1. The summed E-state index contributed by atoms with van der Waals surface area (Å²) in [6, 6.07) is 11.6. The molecule has 1 fully saturated rings. The Morgan fingerprint density at radius 1 is 1.03 bits per heavy atom. The summed E-state index contributed by atoms with van der Waals surface area (Å²) in [4.78, 5) is 31.4. The third kappa shape index (κ3) is 4.45. The Labute approximate surface area is 168 Å². The second kappa shape index (κ2) is 8.43. The predicted molar refractivity (Wildman–Crippen MR) is 112 cm³/mol. The van der Waals surface area contributed by atoms with Crippen molar-refractivity contribution in [1.29, 1.82) is 0 Å². The quantitative estimate of drug-likeness (QED) is 0.735. The lowest BCUT2D eigenvalue weighted by atomic mass is 10.2. The van der Waals surface area contributed by atoms with E-state index in [1.165, 1.54) is 48.7 Å². The lowest BCUT2D eigenvalue weighted by Gasteiger charge is -2.22. The molecule has 2 heterocycles. The van der Waals surface area contributed by atoms with Gasteiger partial charge in [-0.3, -0.25) is 14.2 Å². The molecule has 0 unspecified atom stereocenters. The first-order valence-electron chi connectivity index (χ1n) is 9.90. The Bertz CT molecular complexity index is 1070. The SMILES string of the molecule is O=C(Cn1cnc2ccc(F)cc2c1=O)Nc1ccc(N2CCCCCC2)cc1. The summed E-state index contributed by atoms with van der Waals surface area (Å²) in [6.45, 7) is 1.93. The first-order chi connectivity index (χ1) is 14.1. The molecular weight excluding hydrogens is 371 g/mol. The van der Waals surface area contributed by atoms with Gasteiger partial charge in [0.1, 0.15) is 12.4 Å². The van der Waals surface area contributed by atoms with Crippen molar-refractivity contribution in [2.75, 3.05) is 23.3 Å². The summed E-state index contributed by atoms with van der Waals surface area (Å²) in [6.07, 6.45) is 6.28. The molecule has 1 saturated heterocycles. The molecule has 4 rings (SSSR count). The molecule has 0 aliphatic carbocycles. The summed E-state index contributed by atoms with van der Waals surface area (Å²) in [7, 11) is 0. The van der Waals surface area contributed by atoms with E-state index in [1.54, 1.807) is 0 Å². The number of rotatable bonds is 4. The molecule has 1 aromatic heterocycles. The number of carbonyl (C=O) groups excluding carboxylic acids is 1. The van der Waals surface area contributed by atoms with Crippen molar-refractivity contribution < 1.29 is 9.18 Å². The number of nitrogens with zero attached hydrogens (tertiary/aromatic N) is 3. The van der Waals surface area contributed by atoms with Gasteiger partial charge < -0.3 is 10.2 Å². The zero-order valence-electron chi connectivity index (χ0n) is 16.1. The zero-order chi connectivity index (χ0) is 20.2. The molecule has 3 aromatic rings. The molecule has 1 N–H and O–H groups in total. The average molecular weight is 394 g/mol. The monoisotopic (exact) mass is 394 g/mol. The maximum atomic E-state index is 13.4. The van der Waals surface area contributed by atoms with Crippen LogP contribution in [0.25, 0.3) is 10.9 Å². The minimum absolute atomic E-state index is 0.155. The van der Waals surface area contributed by atoms with Crippen molar-refractivity contribution in [3.8, 4) is 0 Å². The van der Waals surface area contributed by atoms with Crippen molar-refractivity contribution in [1.82, 2.24) is 9.55 Å². The van der Waals surface area contributed by atoms with Crippen LogP contribution in [0.5, 0.6) is 0 Å². The van der Waals surface area contributed by atoms with Gasteiger partial charge in [-0.15, -0.1) is 0 Å². The van der Waals surface area contributed by atoms with Crippen LogP contribution in [0, 0.1) is 5.82 Å². The molecule has 150 valence electrons. The fourth-order valence-electron chi connectivity index (χ4n) is 3.68. The standard InChI is InChI=1S/C22H23FN4O2/c23-16-5-10-20-19(13-16)22(29)27(15-24-20)14-21(28)25-17-6-8-18(9-7-17)26-11-3-1-2-4-12-26/h5-10,13,15H,1-4,11-12,14H2,(H,25,28). The van der Waals surface area contributed by atoms with Crippen LogP contribution in [0.3, 0.4) is 0 Å². The van der Waals surface area contributed by atoms with E-state index >= 15 is 0 Å². The van der Waals surface area contributed by atoms with E-state index in [9.17, 15) is 14.0 Å². The normalized spacial score (nSPS) is 14.6.